The standard InChI is InChI=1S/C18H18N2O3S/c1-3-23-14-7-5-13(6-8-14)19-18(22)12-4-9-16-15(10-12)20-17(21)11(2)24-16/h4-11H,3H2,1-2H3,(H,19,22)(H,20,21). The third kappa shape index (κ3) is 3.54. The molecule has 1 aliphatic rings. The first-order valence-corrected chi connectivity index (χ1v) is 8.60. The van der Waals surface area contributed by atoms with E-state index in [1.54, 1.807) is 24.3 Å². The van der Waals surface area contributed by atoms with Crippen molar-refractivity contribution in [2.24, 2.45) is 0 Å². The summed E-state index contributed by atoms with van der Waals surface area (Å²) in [5, 5.41) is 5.55. The molecule has 0 saturated carbocycles. The molecule has 2 aromatic rings. The summed E-state index contributed by atoms with van der Waals surface area (Å²) in [6, 6.07) is 12.5. The van der Waals surface area contributed by atoms with Crippen LogP contribution in [0.4, 0.5) is 11.4 Å². The highest BCUT2D eigenvalue weighted by molar-refractivity contribution is 8.00. The van der Waals surface area contributed by atoms with E-state index in [2.05, 4.69) is 10.6 Å². The summed E-state index contributed by atoms with van der Waals surface area (Å²) in [5.41, 5.74) is 1.87. The summed E-state index contributed by atoms with van der Waals surface area (Å²) in [5.74, 6) is 0.495. The highest BCUT2D eigenvalue weighted by atomic mass is 32.2. The first kappa shape index (κ1) is 16.4. The number of hydrogen-bond acceptors (Lipinski definition) is 4. The van der Waals surface area contributed by atoms with Crippen LogP contribution in [0.15, 0.2) is 47.4 Å². The Labute approximate surface area is 144 Å². The number of ether oxygens (including phenoxy) is 1. The molecule has 3 rings (SSSR count). The molecule has 24 heavy (non-hydrogen) atoms. The normalized spacial score (nSPS) is 16.1. The number of rotatable bonds is 4. The number of amides is 2. The molecule has 0 radical (unpaired) electrons. The lowest BCUT2D eigenvalue weighted by molar-refractivity contribution is -0.115. The van der Waals surface area contributed by atoms with Gasteiger partial charge in [-0.1, -0.05) is 0 Å². The van der Waals surface area contributed by atoms with Gasteiger partial charge in [-0.2, -0.15) is 0 Å². The maximum absolute atomic E-state index is 12.4. The second-order valence-electron chi connectivity index (χ2n) is 5.37. The fourth-order valence-electron chi connectivity index (χ4n) is 2.35. The van der Waals surface area contributed by atoms with Crippen LogP contribution >= 0.6 is 11.8 Å². The van der Waals surface area contributed by atoms with Gasteiger partial charge < -0.3 is 15.4 Å². The zero-order chi connectivity index (χ0) is 17.1. The fourth-order valence-corrected chi connectivity index (χ4v) is 3.28. The molecule has 1 unspecified atom stereocenters. The second kappa shape index (κ2) is 6.97. The predicted octanol–water partition coefficient (Wildman–Crippen LogP) is 3.77. The van der Waals surface area contributed by atoms with Crippen molar-refractivity contribution in [1.29, 1.82) is 0 Å². The number of carbonyl (C=O) groups excluding carboxylic acids is 2. The van der Waals surface area contributed by atoms with Crippen LogP contribution in [0, 0.1) is 0 Å². The van der Waals surface area contributed by atoms with E-state index in [9.17, 15) is 9.59 Å². The summed E-state index contributed by atoms with van der Waals surface area (Å²) in [7, 11) is 0. The first-order chi connectivity index (χ1) is 11.6. The van der Waals surface area contributed by atoms with Crippen molar-refractivity contribution in [3.8, 4) is 5.75 Å². The van der Waals surface area contributed by atoms with Crippen molar-refractivity contribution in [3.63, 3.8) is 0 Å². The Kier molecular flexibility index (Phi) is 4.76. The average molecular weight is 342 g/mol. The number of fused-ring (bicyclic) bond motifs is 1. The Morgan fingerprint density at radius 3 is 2.71 bits per heavy atom. The van der Waals surface area contributed by atoms with Crippen molar-refractivity contribution in [2.75, 3.05) is 17.2 Å². The SMILES string of the molecule is CCOc1ccc(NC(=O)c2ccc3c(c2)NC(=O)C(C)S3)cc1. The van der Waals surface area contributed by atoms with Crippen LogP contribution in [0.2, 0.25) is 0 Å². The van der Waals surface area contributed by atoms with Crippen LogP contribution in [0.5, 0.6) is 5.75 Å². The van der Waals surface area contributed by atoms with Gasteiger partial charge in [0.15, 0.2) is 0 Å². The van der Waals surface area contributed by atoms with Gasteiger partial charge >= 0.3 is 0 Å². The molecule has 6 heteroatoms. The lowest BCUT2D eigenvalue weighted by Gasteiger charge is -2.21. The van der Waals surface area contributed by atoms with E-state index < -0.39 is 0 Å². The summed E-state index contributed by atoms with van der Waals surface area (Å²) in [4.78, 5) is 25.1. The minimum absolute atomic E-state index is 0.0448. The third-order valence-electron chi connectivity index (χ3n) is 3.60. The molecule has 0 aliphatic carbocycles. The molecule has 0 aromatic heterocycles. The van der Waals surface area contributed by atoms with Gasteiger partial charge in [-0.3, -0.25) is 9.59 Å². The number of nitrogens with one attached hydrogen (secondary N) is 2. The molecule has 2 amide bonds. The van der Waals surface area contributed by atoms with E-state index >= 15 is 0 Å². The molecule has 0 spiro atoms. The maximum Gasteiger partial charge on any atom is 0.255 e. The zero-order valence-electron chi connectivity index (χ0n) is 13.5. The average Bonchev–Trinajstić information content (AvgIpc) is 2.57. The summed E-state index contributed by atoms with van der Waals surface area (Å²) >= 11 is 1.49. The quantitative estimate of drug-likeness (QED) is 0.887. The lowest BCUT2D eigenvalue weighted by Crippen LogP contribution is -2.26. The molecule has 0 bridgehead atoms. The van der Waals surface area contributed by atoms with Crippen LogP contribution in [-0.4, -0.2) is 23.7 Å². The van der Waals surface area contributed by atoms with Crippen molar-refractivity contribution >= 4 is 35.0 Å². The zero-order valence-corrected chi connectivity index (χ0v) is 14.3. The Balaban J connectivity index is 1.73. The van der Waals surface area contributed by atoms with E-state index in [1.807, 2.05) is 32.0 Å². The molecule has 124 valence electrons. The molecule has 2 N–H and O–H groups in total. The van der Waals surface area contributed by atoms with Gasteiger partial charge in [0, 0.05) is 16.1 Å². The predicted molar refractivity (Wildman–Crippen MR) is 96.0 cm³/mol. The van der Waals surface area contributed by atoms with E-state index in [4.69, 9.17) is 4.74 Å². The molecule has 0 saturated heterocycles. The van der Waals surface area contributed by atoms with Crippen LogP contribution in [-0.2, 0) is 4.79 Å². The number of thioether (sulfide) groups is 1. The summed E-state index contributed by atoms with van der Waals surface area (Å²) in [6.45, 7) is 4.38. The van der Waals surface area contributed by atoms with Crippen LogP contribution in [0.3, 0.4) is 0 Å². The van der Waals surface area contributed by atoms with E-state index in [1.165, 1.54) is 11.8 Å². The van der Waals surface area contributed by atoms with Gasteiger partial charge in [-0.15, -0.1) is 11.8 Å². The van der Waals surface area contributed by atoms with Crippen LogP contribution in [0.25, 0.3) is 0 Å². The van der Waals surface area contributed by atoms with Crippen molar-refractivity contribution in [3.05, 3.63) is 48.0 Å². The monoisotopic (exact) mass is 342 g/mol. The highest BCUT2D eigenvalue weighted by Crippen LogP contribution is 2.36. The van der Waals surface area contributed by atoms with Gasteiger partial charge in [0.25, 0.3) is 5.91 Å². The molecule has 5 nitrogen and oxygen atoms in total. The molecule has 0 fully saturated rings. The van der Waals surface area contributed by atoms with Gasteiger partial charge in [-0.25, -0.2) is 0 Å². The fraction of sp³-hybridized carbons (Fsp3) is 0.222. The summed E-state index contributed by atoms with van der Waals surface area (Å²) in [6.07, 6.45) is 0. The Morgan fingerprint density at radius 1 is 1.25 bits per heavy atom. The molecule has 1 heterocycles. The molecule has 1 aliphatic heterocycles. The minimum Gasteiger partial charge on any atom is -0.494 e. The second-order valence-corrected chi connectivity index (χ2v) is 6.75. The van der Waals surface area contributed by atoms with Gasteiger partial charge in [0.2, 0.25) is 5.91 Å². The van der Waals surface area contributed by atoms with Gasteiger partial charge in [0.05, 0.1) is 17.5 Å². The first-order valence-electron chi connectivity index (χ1n) is 7.72. The van der Waals surface area contributed by atoms with Crippen molar-refractivity contribution in [1.82, 2.24) is 0 Å². The van der Waals surface area contributed by atoms with Crippen LogP contribution in [0.1, 0.15) is 24.2 Å². The third-order valence-corrected chi connectivity index (χ3v) is 4.77. The number of carbonyl (C=O) groups is 2. The Morgan fingerprint density at radius 2 is 2.00 bits per heavy atom. The van der Waals surface area contributed by atoms with E-state index in [-0.39, 0.29) is 17.1 Å². The van der Waals surface area contributed by atoms with Crippen LogP contribution < -0.4 is 15.4 Å². The molecule has 1 atom stereocenters. The van der Waals surface area contributed by atoms with E-state index in [0.717, 1.165) is 10.6 Å². The number of anilines is 2. The molecular formula is C18H18N2O3S. The number of hydrogen-bond donors (Lipinski definition) is 2. The smallest absolute Gasteiger partial charge is 0.255 e. The Bertz CT molecular complexity index is 774. The topological polar surface area (TPSA) is 67.4 Å². The minimum atomic E-state index is -0.222. The number of benzene rings is 2. The largest absolute Gasteiger partial charge is 0.494 e. The highest BCUT2D eigenvalue weighted by Gasteiger charge is 2.23. The molecule has 2 aromatic carbocycles. The summed E-state index contributed by atoms with van der Waals surface area (Å²) < 4.78 is 5.38. The van der Waals surface area contributed by atoms with Crippen molar-refractivity contribution < 1.29 is 14.3 Å². The Hall–Kier alpha value is -2.47. The van der Waals surface area contributed by atoms with Gasteiger partial charge in [-0.05, 0) is 56.3 Å². The molecular weight excluding hydrogens is 324 g/mol. The van der Waals surface area contributed by atoms with E-state index in [0.29, 0.717) is 23.5 Å². The van der Waals surface area contributed by atoms with Crippen molar-refractivity contribution in [2.45, 2.75) is 24.0 Å². The lowest BCUT2D eigenvalue weighted by atomic mass is 10.1. The maximum atomic E-state index is 12.4. The van der Waals surface area contributed by atoms with Gasteiger partial charge in [0.1, 0.15) is 5.75 Å².